The number of halogens is 1. The number of nitrogens with one attached hydrogen (secondary N) is 1. The number of hydrogen-bond donors (Lipinski definition) is 1. The first kappa shape index (κ1) is 22.4. The molecule has 0 spiro atoms. The first-order valence-corrected chi connectivity index (χ1v) is 11.8. The van der Waals surface area contributed by atoms with E-state index in [1.54, 1.807) is 12.1 Å². The minimum absolute atomic E-state index is 0.450. The van der Waals surface area contributed by atoms with Crippen molar-refractivity contribution in [1.29, 1.82) is 0 Å². The number of aromatic amines is 1. The zero-order valence-corrected chi connectivity index (χ0v) is 19.5. The van der Waals surface area contributed by atoms with Gasteiger partial charge in [-0.15, -0.1) is 0 Å². The molecule has 7 nitrogen and oxygen atoms in total. The SMILES string of the molecule is O=c1[nH]c2ccc(OCCCN3CCN(c4ccc(Oc5ccc(Cl)cc5)cc4)CC3)cc2o1. The zero-order valence-electron chi connectivity index (χ0n) is 18.7. The molecule has 0 aliphatic carbocycles. The Hall–Kier alpha value is -3.42. The molecule has 1 N–H and O–H groups in total. The third kappa shape index (κ3) is 5.55. The molecule has 0 amide bonds. The fraction of sp³-hybridized carbons (Fsp3) is 0.269. The van der Waals surface area contributed by atoms with Crippen LogP contribution in [0.3, 0.4) is 0 Å². The van der Waals surface area contributed by atoms with E-state index in [1.165, 1.54) is 5.69 Å². The van der Waals surface area contributed by atoms with Crippen molar-refractivity contribution < 1.29 is 13.9 Å². The van der Waals surface area contributed by atoms with Gasteiger partial charge in [0.05, 0.1) is 12.1 Å². The van der Waals surface area contributed by atoms with E-state index in [4.69, 9.17) is 25.5 Å². The second-order valence-electron chi connectivity index (χ2n) is 8.25. The minimum Gasteiger partial charge on any atom is -0.493 e. The highest BCUT2D eigenvalue weighted by Crippen LogP contribution is 2.26. The van der Waals surface area contributed by atoms with Gasteiger partial charge in [0.25, 0.3) is 0 Å². The number of nitrogens with zero attached hydrogens (tertiary/aromatic N) is 2. The number of rotatable bonds is 8. The first-order valence-electron chi connectivity index (χ1n) is 11.4. The molecule has 3 aromatic carbocycles. The van der Waals surface area contributed by atoms with Crippen LogP contribution in [0.15, 0.2) is 75.9 Å². The number of anilines is 1. The second-order valence-corrected chi connectivity index (χ2v) is 8.69. The third-order valence-electron chi connectivity index (χ3n) is 5.90. The fourth-order valence-corrected chi connectivity index (χ4v) is 4.21. The van der Waals surface area contributed by atoms with Gasteiger partial charge in [-0.05, 0) is 67.1 Å². The lowest BCUT2D eigenvalue weighted by atomic mass is 10.2. The van der Waals surface area contributed by atoms with Crippen LogP contribution >= 0.6 is 11.6 Å². The quantitative estimate of drug-likeness (QED) is 0.352. The van der Waals surface area contributed by atoms with Gasteiger partial charge in [0.1, 0.15) is 17.2 Å². The highest BCUT2D eigenvalue weighted by molar-refractivity contribution is 6.30. The van der Waals surface area contributed by atoms with Gasteiger partial charge in [-0.2, -0.15) is 0 Å². The van der Waals surface area contributed by atoms with Crippen LogP contribution in [0.5, 0.6) is 17.2 Å². The van der Waals surface area contributed by atoms with Gasteiger partial charge in [-0.1, -0.05) is 11.6 Å². The van der Waals surface area contributed by atoms with Crippen molar-refractivity contribution in [3.05, 3.63) is 82.3 Å². The van der Waals surface area contributed by atoms with Crippen LogP contribution < -0.4 is 20.1 Å². The van der Waals surface area contributed by atoms with Gasteiger partial charge in [0.2, 0.25) is 0 Å². The average Bonchev–Trinajstić information content (AvgIpc) is 3.23. The van der Waals surface area contributed by atoms with Crippen molar-refractivity contribution in [3.8, 4) is 17.2 Å². The standard InChI is InChI=1S/C26H26ClN3O4/c27-19-2-6-21(7-3-19)33-22-8-4-20(5-9-22)30-15-13-29(14-16-30)12-1-17-32-23-10-11-24-25(18-23)34-26(31)28-24/h2-11,18H,1,12-17H2,(H,28,31). The number of aromatic nitrogens is 1. The maximum absolute atomic E-state index is 11.3. The Bertz CT molecular complexity index is 1280. The molecule has 0 saturated carbocycles. The van der Waals surface area contributed by atoms with Gasteiger partial charge < -0.3 is 18.8 Å². The van der Waals surface area contributed by atoms with Crippen molar-refractivity contribution in [1.82, 2.24) is 9.88 Å². The highest BCUT2D eigenvalue weighted by atomic mass is 35.5. The van der Waals surface area contributed by atoms with Crippen LogP contribution in [0.2, 0.25) is 5.02 Å². The number of H-pyrrole nitrogens is 1. The van der Waals surface area contributed by atoms with Crippen LogP contribution in [0, 0.1) is 0 Å². The molecule has 1 aliphatic heterocycles. The van der Waals surface area contributed by atoms with Crippen molar-refractivity contribution in [2.24, 2.45) is 0 Å². The summed E-state index contributed by atoms with van der Waals surface area (Å²) in [5, 5.41) is 0.694. The first-order chi connectivity index (χ1) is 16.6. The van der Waals surface area contributed by atoms with Crippen molar-refractivity contribution in [3.63, 3.8) is 0 Å². The summed E-state index contributed by atoms with van der Waals surface area (Å²) in [6.45, 7) is 5.62. The molecule has 0 unspecified atom stereocenters. The third-order valence-corrected chi connectivity index (χ3v) is 6.16. The maximum atomic E-state index is 11.3. The second kappa shape index (κ2) is 10.2. The Labute approximate surface area is 202 Å². The van der Waals surface area contributed by atoms with E-state index in [-0.39, 0.29) is 0 Å². The van der Waals surface area contributed by atoms with Crippen molar-refractivity contribution >= 4 is 28.4 Å². The molecule has 1 saturated heterocycles. The normalized spacial score (nSPS) is 14.4. The molecule has 0 atom stereocenters. The fourth-order valence-electron chi connectivity index (χ4n) is 4.09. The summed E-state index contributed by atoms with van der Waals surface area (Å²) < 4.78 is 16.8. The Morgan fingerprint density at radius 2 is 1.56 bits per heavy atom. The number of fused-ring (bicyclic) bond motifs is 1. The van der Waals surface area contributed by atoms with E-state index < -0.39 is 5.76 Å². The molecule has 4 aromatic rings. The molecule has 0 bridgehead atoms. The van der Waals surface area contributed by atoms with Crippen LogP contribution in [-0.4, -0.2) is 49.2 Å². The largest absolute Gasteiger partial charge is 0.493 e. The van der Waals surface area contributed by atoms with Gasteiger partial charge in [0, 0.05) is 49.5 Å². The zero-order chi connectivity index (χ0) is 23.3. The molecule has 8 heteroatoms. The predicted octanol–water partition coefficient (Wildman–Crippen LogP) is 5.16. The van der Waals surface area contributed by atoms with E-state index in [2.05, 4.69) is 26.9 Å². The number of piperazine rings is 1. The summed E-state index contributed by atoms with van der Waals surface area (Å²) in [5.41, 5.74) is 2.40. The predicted molar refractivity (Wildman–Crippen MR) is 134 cm³/mol. The van der Waals surface area contributed by atoms with E-state index in [0.717, 1.165) is 50.6 Å². The van der Waals surface area contributed by atoms with E-state index in [0.29, 0.717) is 28.5 Å². The molecule has 34 heavy (non-hydrogen) atoms. The molecular formula is C26H26ClN3O4. The molecule has 1 aliphatic rings. The van der Waals surface area contributed by atoms with E-state index >= 15 is 0 Å². The lowest BCUT2D eigenvalue weighted by Gasteiger charge is -2.36. The summed E-state index contributed by atoms with van der Waals surface area (Å²) in [6, 6.07) is 21.0. The van der Waals surface area contributed by atoms with E-state index in [1.807, 2.05) is 42.5 Å². The summed E-state index contributed by atoms with van der Waals surface area (Å²) in [6.07, 6.45) is 0.936. The topological polar surface area (TPSA) is 70.9 Å². The molecule has 1 fully saturated rings. The number of hydrogen-bond acceptors (Lipinski definition) is 6. The smallest absolute Gasteiger partial charge is 0.417 e. The Morgan fingerprint density at radius 1 is 0.882 bits per heavy atom. The van der Waals surface area contributed by atoms with Gasteiger partial charge >= 0.3 is 5.76 Å². The van der Waals surface area contributed by atoms with Crippen LogP contribution in [-0.2, 0) is 0 Å². The minimum atomic E-state index is -0.450. The van der Waals surface area contributed by atoms with Gasteiger partial charge in [0.15, 0.2) is 5.58 Å². The molecule has 176 valence electrons. The Kier molecular flexibility index (Phi) is 6.74. The lowest BCUT2D eigenvalue weighted by Crippen LogP contribution is -2.46. The molecule has 5 rings (SSSR count). The van der Waals surface area contributed by atoms with Crippen LogP contribution in [0.4, 0.5) is 5.69 Å². The van der Waals surface area contributed by atoms with Crippen molar-refractivity contribution in [2.45, 2.75) is 6.42 Å². The van der Waals surface area contributed by atoms with Crippen LogP contribution in [0.1, 0.15) is 6.42 Å². The Morgan fingerprint density at radius 3 is 2.29 bits per heavy atom. The number of benzene rings is 3. The summed E-state index contributed by atoms with van der Waals surface area (Å²) >= 11 is 5.93. The number of oxazole rings is 1. The van der Waals surface area contributed by atoms with Gasteiger partial charge in [-0.3, -0.25) is 9.88 Å². The summed E-state index contributed by atoms with van der Waals surface area (Å²) in [5.74, 6) is 1.84. The Balaban J connectivity index is 1.04. The maximum Gasteiger partial charge on any atom is 0.417 e. The molecule has 1 aromatic heterocycles. The summed E-state index contributed by atoms with van der Waals surface area (Å²) in [4.78, 5) is 18.8. The number of ether oxygens (including phenoxy) is 2. The van der Waals surface area contributed by atoms with E-state index in [9.17, 15) is 4.79 Å². The molecular weight excluding hydrogens is 454 g/mol. The van der Waals surface area contributed by atoms with Gasteiger partial charge in [-0.25, -0.2) is 4.79 Å². The average molecular weight is 480 g/mol. The molecule has 2 heterocycles. The monoisotopic (exact) mass is 479 g/mol. The molecule has 0 radical (unpaired) electrons. The summed E-state index contributed by atoms with van der Waals surface area (Å²) in [7, 11) is 0. The highest BCUT2D eigenvalue weighted by Gasteiger charge is 2.17. The lowest BCUT2D eigenvalue weighted by molar-refractivity contribution is 0.225. The van der Waals surface area contributed by atoms with Crippen LogP contribution in [0.25, 0.3) is 11.1 Å². The van der Waals surface area contributed by atoms with Crippen molar-refractivity contribution in [2.75, 3.05) is 44.2 Å².